The number of aromatic nitrogens is 4. The van der Waals surface area contributed by atoms with E-state index in [2.05, 4.69) is 65.0 Å². The van der Waals surface area contributed by atoms with Gasteiger partial charge in [-0.2, -0.15) is 5.10 Å². The van der Waals surface area contributed by atoms with Gasteiger partial charge in [-0.05, 0) is 44.0 Å². The number of aromatic amines is 1. The van der Waals surface area contributed by atoms with Gasteiger partial charge < -0.3 is 4.98 Å². The van der Waals surface area contributed by atoms with Crippen LogP contribution >= 0.6 is 15.9 Å². The van der Waals surface area contributed by atoms with Gasteiger partial charge in [-0.3, -0.25) is 4.68 Å². The largest absolute Gasteiger partial charge is 0.337 e. The molecule has 0 fully saturated rings. The highest BCUT2D eigenvalue weighted by molar-refractivity contribution is 9.10. The molecular formula is C15H17BrN4. The minimum absolute atomic E-state index is 0.842. The second kappa shape index (κ2) is 5.05. The van der Waals surface area contributed by atoms with E-state index in [-0.39, 0.29) is 0 Å². The average Bonchev–Trinajstić information content (AvgIpc) is 3.01. The Morgan fingerprint density at radius 2 is 2.05 bits per heavy atom. The molecule has 0 unspecified atom stereocenters. The Kier molecular flexibility index (Phi) is 3.38. The maximum absolute atomic E-state index is 4.74. The Hall–Kier alpha value is -1.62. The second-order valence-corrected chi connectivity index (χ2v) is 5.81. The maximum atomic E-state index is 4.74. The fourth-order valence-electron chi connectivity index (χ4n) is 2.44. The van der Waals surface area contributed by atoms with Crippen molar-refractivity contribution in [3.8, 4) is 11.5 Å². The Bertz CT molecular complexity index is 770. The molecule has 3 rings (SSSR count). The number of hydrogen-bond donors (Lipinski definition) is 1. The Labute approximate surface area is 126 Å². The first-order chi connectivity index (χ1) is 9.62. The fourth-order valence-corrected chi connectivity index (χ4v) is 3.01. The van der Waals surface area contributed by atoms with Gasteiger partial charge in [0.25, 0.3) is 0 Å². The SMILES string of the molecule is CCc1cc(-c2nc3c(C)cc(Br)cc3[nH]2)n(CC)n1. The van der Waals surface area contributed by atoms with Crippen LogP contribution in [0.15, 0.2) is 22.7 Å². The number of fused-ring (bicyclic) bond motifs is 1. The Morgan fingerprint density at radius 3 is 2.75 bits per heavy atom. The highest BCUT2D eigenvalue weighted by Crippen LogP contribution is 2.26. The van der Waals surface area contributed by atoms with Gasteiger partial charge in [-0.1, -0.05) is 22.9 Å². The zero-order chi connectivity index (χ0) is 14.3. The third-order valence-corrected chi connectivity index (χ3v) is 3.93. The van der Waals surface area contributed by atoms with Gasteiger partial charge in [0.15, 0.2) is 5.82 Å². The van der Waals surface area contributed by atoms with Crippen LogP contribution in [0, 0.1) is 6.92 Å². The van der Waals surface area contributed by atoms with E-state index in [0.29, 0.717) is 0 Å². The third-order valence-electron chi connectivity index (χ3n) is 3.48. The lowest BCUT2D eigenvalue weighted by molar-refractivity contribution is 0.653. The predicted octanol–water partition coefficient (Wildman–Crippen LogP) is 4.08. The summed E-state index contributed by atoms with van der Waals surface area (Å²) in [5.74, 6) is 0.884. The molecule has 104 valence electrons. The number of nitrogens with one attached hydrogen (secondary N) is 1. The molecule has 2 aromatic heterocycles. The third kappa shape index (κ3) is 2.16. The molecule has 0 bridgehead atoms. The molecular weight excluding hydrogens is 316 g/mol. The van der Waals surface area contributed by atoms with Crippen LogP contribution in [0.5, 0.6) is 0 Å². The summed E-state index contributed by atoms with van der Waals surface area (Å²) >= 11 is 3.53. The number of aryl methyl sites for hydroxylation is 3. The monoisotopic (exact) mass is 332 g/mol. The fraction of sp³-hybridized carbons (Fsp3) is 0.333. The van der Waals surface area contributed by atoms with E-state index in [0.717, 1.165) is 51.2 Å². The van der Waals surface area contributed by atoms with Gasteiger partial charge >= 0.3 is 0 Å². The second-order valence-electron chi connectivity index (χ2n) is 4.89. The minimum Gasteiger partial charge on any atom is -0.337 e. The molecule has 5 heteroatoms. The quantitative estimate of drug-likeness (QED) is 0.785. The molecule has 0 saturated carbocycles. The van der Waals surface area contributed by atoms with Crippen LogP contribution in [0.25, 0.3) is 22.6 Å². The Balaban J connectivity index is 2.19. The van der Waals surface area contributed by atoms with E-state index in [1.54, 1.807) is 0 Å². The first-order valence-electron chi connectivity index (χ1n) is 6.85. The van der Waals surface area contributed by atoms with Crippen LogP contribution in [0.4, 0.5) is 0 Å². The summed E-state index contributed by atoms with van der Waals surface area (Å²) < 4.78 is 3.07. The van der Waals surface area contributed by atoms with Crippen molar-refractivity contribution in [1.82, 2.24) is 19.7 Å². The molecule has 1 N–H and O–H groups in total. The molecule has 0 aliphatic carbocycles. The average molecular weight is 333 g/mol. The van der Waals surface area contributed by atoms with E-state index in [9.17, 15) is 0 Å². The van der Waals surface area contributed by atoms with E-state index < -0.39 is 0 Å². The van der Waals surface area contributed by atoms with E-state index in [1.165, 1.54) is 0 Å². The van der Waals surface area contributed by atoms with Crippen molar-refractivity contribution in [3.05, 3.63) is 33.9 Å². The number of halogens is 1. The first kappa shape index (κ1) is 13.4. The van der Waals surface area contributed by atoms with Gasteiger partial charge in [-0.15, -0.1) is 0 Å². The molecule has 0 radical (unpaired) electrons. The number of rotatable bonds is 3. The zero-order valence-corrected chi connectivity index (χ0v) is 13.5. The van der Waals surface area contributed by atoms with Crippen molar-refractivity contribution >= 4 is 27.0 Å². The molecule has 20 heavy (non-hydrogen) atoms. The topological polar surface area (TPSA) is 46.5 Å². The van der Waals surface area contributed by atoms with Crippen molar-refractivity contribution < 1.29 is 0 Å². The summed E-state index contributed by atoms with van der Waals surface area (Å²) in [5, 5.41) is 4.58. The van der Waals surface area contributed by atoms with E-state index >= 15 is 0 Å². The molecule has 0 aliphatic rings. The van der Waals surface area contributed by atoms with Crippen LogP contribution in [0.1, 0.15) is 25.1 Å². The number of nitrogens with zero attached hydrogens (tertiary/aromatic N) is 3. The standard InChI is InChI=1S/C15H17BrN4/c1-4-11-8-13(20(5-2)19-11)15-17-12-7-10(16)6-9(3)14(12)18-15/h6-8H,4-5H2,1-3H3,(H,17,18). The summed E-state index contributed by atoms with van der Waals surface area (Å²) in [7, 11) is 0. The van der Waals surface area contributed by atoms with Gasteiger partial charge in [0.1, 0.15) is 5.69 Å². The molecule has 0 amide bonds. The summed E-state index contributed by atoms with van der Waals surface area (Å²) in [4.78, 5) is 8.15. The molecule has 0 spiro atoms. The summed E-state index contributed by atoms with van der Waals surface area (Å²) in [5.41, 5.74) is 5.38. The summed E-state index contributed by atoms with van der Waals surface area (Å²) in [6.07, 6.45) is 0.935. The lowest BCUT2D eigenvalue weighted by atomic mass is 10.2. The van der Waals surface area contributed by atoms with Crippen molar-refractivity contribution in [1.29, 1.82) is 0 Å². The molecule has 0 atom stereocenters. The maximum Gasteiger partial charge on any atom is 0.156 e. The van der Waals surface area contributed by atoms with Crippen LogP contribution in [-0.4, -0.2) is 19.7 Å². The molecule has 4 nitrogen and oxygen atoms in total. The van der Waals surface area contributed by atoms with Crippen molar-refractivity contribution in [2.75, 3.05) is 0 Å². The van der Waals surface area contributed by atoms with Crippen molar-refractivity contribution in [2.45, 2.75) is 33.7 Å². The van der Waals surface area contributed by atoms with Crippen LogP contribution in [-0.2, 0) is 13.0 Å². The van der Waals surface area contributed by atoms with E-state index in [4.69, 9.17) is 4.98 Å². The number of hydrogen-bond acceptors (Lipinski definition) is 2. The zero-order valence-electron chi connectivity index (χ0n) is 11.9. The molecule has 1 aromatic carbocycles. The molecule has 0 aliphatic heterocycles. The lowest BCUT2D eigenvalue weighted by Gasteiger charge is -2.00. The Morgan fingerprint density at radius 1 is 1.25 bits per heavy atom. The smallest absolute Gasteiger partial charge is 0.156 e. The van der Waals surface area contributed by atoms with E-state index in [1.807, 2.05) is 4.68 Å². The number of benzene rings is 1. The van der Waals surface area contributed by atoms with Crippen LogP contribution in [0.3, 0.4) is 0 Å². The molecule has 2 heterocycles. The summed E-state index contributed by atoms with van der Waals surface area (Å²) in [6.45, 7) is 7.13. The van der Waals surface area contributed by atoms with Gasteiger partial charge in [0.05, 0.1) is 16.7 Å². The summed E-state index contributed by atoms with van der Waals surface area (Å²) in [6, 6.07) is 6.26. The van der Waals surface area contributed by atoms with Gasteiger partial charge in [0.2, 0.25) is 0 Å². The number of H-pyrrole nitrogens is 1. The first-order valence-corrected chi connectivity index (χ1v) is 7.64. The van der Waals surface area contributed by atoms with Crippen molar-refractivity contribution in [3.63, 3.8) is 0 Å². The normalized spacial score (nSPS) is 11.4. The van der Waals surface area contributed by atoms with Crippen molar-refractivity contribution in [2.24, 2.45) is 0 Å². The van der Waals surface area contributed by atoms with Crippen LogP contribution < -0.4 is 0 Å². The molecule has 3 aromatic rings. The highest BCUT2D eigenvalue weighted by atomic mass is 79.9. The molecule has 0 saturated heterocycles. The van der Waals surface area contributed by atoms with Gasteiger partial charge in [-0.25, -0.2) is 4.98 Å². The van der Waals surface area contributed by atoms with Gasteiger partial charge in [0, 0.05) is 11.0 Å². The predicted molar refractivity (Wildman–Crippen MR) is 84.8 cm³/mol. The lowest BCUT2D eigenvalue weighted by Crippen LogP contribution is -2.00. The number of imidazole rings is 1. The minimum atomic E-state index is 0.842. The van der Waals surface area contributed by atoms with Crippen LogP contribution in [0.2, 0.25) is 0 Å². The highest BCUT2D eigenvalue weighted by Gasteiger charge is 2.13.